The number of rotatable bonds is 12. The minimum absolute atomic E-state index is 0.313. The molecule has 0 aromatic heterocycles. The number of hydrogen-bond acceptors (Lipinski definition) is 2. The van der Waals surface area contributed by atoms with Gasteiger partial charge in [0.05, 0.1) is 17.6 Å². The van der Waals surface area contributed by atoms with Crippen LogP contribution in [0.1, 0.15) is 84.1 Å². The number of nitrogens with zero attached hydrogens (tertiary/aromatic N) is 1. The molecule has 0 radical (unpaired) electrons. The van der Waals surface area contributed by atoms with Gasteiger partial charge in [-0.05, 0) is 37.2 Å². The van der Waals surface area contributed by atoms with Gasteiger partial charge in [0.1, 0.15) is 0 Å². The Labute approximate surface area is 148 Å². The molecule has 2 nitrogen and oxygen atoms in total. The molecule has 0 aliphatic heterocycles. The first-order valence-corrected chi connectivity index (χ1v) is 9.79. The van der Waals surface area contributed by atoms with Crippen molar-refractivity contribution in [3.8, 4) is 6.07 Å². The number of benzene rings is 1. The lowest BCUT2D eigenvalue weighted by atomic mass is 9.64. The highest BCUT2D eigenvalue weighted by Crippen LogP contribution is 2.42. The number of nitriles is 1. The highest BCUT2D eigenvalue weighted by atomic mass is 16.3. The van der Waals surface area contributed by atoms with Gasteiger partial charge < -0.3 is 5.11 Å². The molecule has 0 fully saturated rings. The van der Waals surface area contributed by atoms with Gasteiger partial charge in [-0.3, -0.25) is 0 Å². The molecule has 0 bridgehead atoms. The Morgan fingerprint density at radius 1 is 0.958 bits per heavy atom. The van der Waals surface area contributed by atoms with E-state index in [1.165, 1.54) is 19.3 Å². The smallest absolute Gasteiger partial charge is 0.0874 e. The van der Waals surface area contributed by atoms with Crippen molar-refractivity contribution in [1.29, 1.82) is 5.26 Å². The summed E-state index contributed by atoms with van der Waals surface area (Å²) in [5.74, 6) is 0.313. The molecule has 1 N–H and O–H groups in total. The number of hydrogen-bond donors (Lipinski definition) is 1. The molecule has 0 saturated heterocycles. The van der Waals surface area contributed by atoms with Crippen molar-refractivity contribution >= 4 is 0 Å². The topological polar surface area (TPSA) is 44.0 Å². The second-order valence-electron chi connectivity index (χ2n) is 7.08. The van der Waals surface area contributed by atoms with Gasteiger partial charge in [-0.25, -0.2) is 0 Å². The lowest BCUT2D eigenvalue weighted by molar-refractivity contribution is 0.110. The number of aliphatic hydroxyl groups excluding tert-OH is 1. The monoisotopic (exact) mass is 329 g/mol. The molecule has 2 heteroatoms. The zero-order valence-electron chi connectivity index (χ0n) is 15.8. The largest absolute Gasteiger partial charge is 0.393 e. The maximum Gasteiger partial charge on any atom is 0.0874 e. The third kappa shape index (κ3) is 5.64. The predicted octanol–water partition coefficient (Wildman–Crippen LogP) is 6.00. The summed E-state index contributed by atoms with van der Waals surface area (Å²) in [6.45, 7) is 6.50. The summed E-state index contributed by atoms with van der Waals surface area (Å²) in [5, 5.41) is 20.8. The lowest BCUT2D eigenvalue weighted by Crippen LogP contribution is -2.37. The van der Waals surface area contributed by atoms with E-state index in [0.29, 0.717) is 12.3 Å². The molecular formula is C22H35NO. The van der Waals surface area contributed by atoms with E-state index in [9.17, 15) is 10.4 Å². The van der Waals surface area contributed by atoms with Gasteiger partial charge >= 0.3 is 0 Å². The van der Waals surface area contributed by atoms with Crippen molar-refractivity contribution in [2.75, 3.05) is 0 Å². The summed E-state index contributed by atoms with van der Waals surface area (Å²) in [6.07, 6.45) is 8.65. The maximum atomic E-state index is 10.5. The van der Waals surface area contributed by atoms with E-state index in [1.54, 1.807) is 0 Å². The van der Waals surface area contributed by atoms with Crippen LogP contribution in [-0.2, 0) is 5.41 Å². The van der Waals surface area contributed by atoms with E-state index in [1.807, 2.05) is 18.2 Å². The molecule has 1 aromatic carbocycles. The second kappa shape index (κ2) is 11.3. The van der Waals surface area contributed by atoms with Crippen molar-refractivity contribution in [1.82, 2.24) is 0 Å². The molecular weight excluding hydrogens is 294 g/mol. The van der Waals surface area contributed by atoms with Crippen LogP contribution < -0.4 is 0 Å². The van der Waals surface area contributed by atoms with Crippen LogP contribution in [0, 0.1) is 17.2 Å². The van der Waals surface area contributed by atoms with E-state index in [0.717, 1.165) is 37.7 Å². The molecule has 0 heterocycles. The molecule has 0 saturated carbocycles. The minimum Gasteiger partial charge on any atom is -0.393 e. The molecule has 3 unspecified atom stereocenters. The Bertz CT molecular complexity index is 478. The van der Waals surface area contributed by atoms with Crippen LogP contribution in [0.25, 0.3) is 0 Å². The normalized spacial score (nSPS) is 16.1. The Balaban J connectivity index is 3.19. The molecule has 0 amide bonds. The minimum atomic E-state index is -0.570. The van der Waals surface area contributed by atoms with Gasteiger partial charge in [0.25, 0.3) is 0 Å². The molecule has 134 valence electrons. The summed E-state index contributed by atoms with van der Waals surface area (Å²) in [6, 6.07) is 12.9. The summed E-state index contributed by atoms with van der Waals surface area (Å²) in [5.41, 5.74) is 0.511. The van der Waals surface area contributed by atoms with E-state index in [-0.39, 0.29) is 0 Å². The van der Waals surface area contributed by atoms with Gasteiger partial charge in [0.2, 0.25) is 0 Å². The Kier molecular flexibility index (Phi) is 9.72. The summed E-state index contributed by atoms with van der Waals surface area (Å²) in [4.78, 5) is 0. The number of unbranched alkanes of at least 4 members (excludes halogenated alkanes) is 2. The van der Waals surface area contributed by atoms with Crippen LogP contribution in [-0.4, -0.2) is 11.2 Å². The van der Waals surface area contributed by atoms with Crippen molar-refractivity contribution in [2.45, 2.75) is 90.1 Å². The molecule has 1 rings (SSSR count). The van der Waals surface area contributed by atoms with Crippen molar-refractivity contribution in [3.05, 3.63) is 35.9 Å². The van der Waals surface area contributed by atoms with Crippen LogP contribution in [0.4, 0.5) is 0 Å². The summed E-state index contributed by atoms with van der Waals surface area (Å²) < 4.78 is 0. The zero-order chi connectivity index (χ0) is 17.8. The first kappa shape index (κ1) is 20.7. The zero-order valence-corrected chi connectivity index (χ0v) is 15.8. The highest BCUT2D eigenvalue weighted by Gasteiger charge is 2.41. The second-order valence-corrected chi connectivity index (χ2v) is 7.08. The molecule has 0 spiro atoms. The summed E-state index contributed by atoms with van der Waals surface area (Å²) >= 11 is 0. The Morgan fingerprint density at radius 2 is 1.62 bits per heavy atom. The predicted molar refractivity (Wildman–Crippen MR) is 102 cm³/mol. The van der Waals surface area contributed by atoms with Crippen molar-refractivity contribution < 1.29 is 5.11 Å². The van der Waals surface area contributed by atoms with Gasteiger partial charge in [0, 0.05) is 0 Å². The molecule has 3 atom stereocenters. The Morgan fingerprint density at radius 3 is 2.17 bits per heavy atom. The van der Waals surface area contributed by atoms with Crippen LogP contribution in [0.5, 0.6) is 0 Å². The van der Waals surface area contributed by atoms with E-state index < -0.39 is 11.5 Å². The average Bonchev–Trinajstić information content (AvgIpc) is 2.60. The maximum absolute atomic E-state index is 10.5. The fourth-order valence-corrected chi connectivity index (χ4v) is 3.89. The number of aliphatic hydroxyl groups is 1. The Hall–Kier alpha value is -1.33. The SMILES string of the molecule is CCCCCC(CCC)C(C#N)(CC(O)CCC)c1ccccc1. The fourth-order valence-electron chi connectivity index (χ4n) is 3.89. The molecule has 1 aromatic rings. The molecule has 24 heavy (non-hydrogen) atoms. The van der Waals surface area contributed by atoms with Crippen LogP contribution >= 0.6 is 0 Å². The van der Waals surface area contributed by atoms with Crippen molar-refractivity contribution in [2.24, 2.45) is 5.92 Å². The standard InChI is InChI=1S/C22H35NO/c1-4-7-9-14-19(12-5-2)22(18-23,17-21(24)13-6-3)20-15-10-8-11-16-20/h8,10-11,15-16,19,21,24H,4-7,9,12-14,17H2,1-3H3. The van der Waals surface area contributed by atoms with E-state index in [2.05, 4.69) is 39.0 Å². The van der Waals surface area contributed by atoms with E-state index >= 15 is 0 Å². The molecule has 0 aliphatic rings. The highest BCUT2D eigenvalue weighted by molar-refractivity contribution is 5.34. The molecule has 0 aliphatic carbocycles. The summed E-state index contributed by atoms with van der Waals surface area (Å²) in [7, 11) is 0. The average molecular weight is 330 g/mol. The van der Waals surface area contributed by atoms with Gasteiger partial charge in [-0.15, -0.1) is 0 Å². The van der Waals surface area contributed by atoms with Crippen LogP contribution in [0.3, 0.4) is 0 Å². The first-order valence-electron chi connectivity index (χ1n) is 9.79. The van der Waals surface area contributed by atoms with Gasteiger partial charge in [-0.2, -0.15) is 5.26 Å². The van der Waals surface area contributed by atoms with Gasteiger partial charge in [0.15, 0.2) is 0 Å². The van der Waals surface area contributed by atoms with Gasteiger partial charge in [-0.1, -0.05) is 83.2 Å². The third-order valence-corrected chi connectivity index (χ3v) is 5.16. The van der Waals surface area contributed by atoms with Crippen LogP contribution in [0.15, 0.2) is 30.3 Å². The van der Waals surface area contributed by atoms with E-state index in [4.69, 9.17) is 0 Å². The fraction of sp³-hybridized carbons (Fsp3) is 0.682. The third-order valence-electron chi connectivity index (χ3n) is 5.16. The quantitative estimate of drug-likeness (QED) is 0.478. The van der Waals surface area contributed by atoms with Crippen molar-refractivity contribution in [3.63, 3.8) is 0 Å². The first-order chi connectivity index (χ1) is 11.6. The van der Waals surface area contributed by atoms with Crippen LogP contribution in [0.2, 0.25) is 0 Å². The lowest BCUT2D eigenvalue weighted by Gasteiger charge is -2.37.